The Bertz CT molecular complexity index is 697. The van der Waals surface area contributed by atoms with Gasteiger partial charge in [-0.15, -0.1) is 0 Å². The molecule has 0 unspecified atom stereocenters. The summed E-state index contributed by atoms with van der Waals surface area (Å²) in [6.45, 7) is 1.95. The predicted molar refractivity (Wildman–Crippen MR) is 74.7 cm³/mol. The molecule has 2 rings (SSSR count). The molecule has 2 aromatic heterocycles. The molecule has 5 nitrogen and oxygen atoms in total. The van der Waals surface area contributed by atoms with E-state index in [1.54, 1.807) is 29.7 Å². The van der Waals surface area contributed by atoms with Crippen LogP contribution in [0.3, 0.4) is 0 Å². The van der Waals surface area contributed by atoms with Crippen LogP contribution in [0.4, 0.5) is 0 Å². The third kappa shape index (κ3) is 2.93. The van der Waals surface area contributed by atoms with Gasteiger partial charge >= 0.3 is 5.97 Å². The van der Waals surface area contributed by atoms with Gasteiger partial charge in [-0.05, 0) is 18.9 Å². The number of pyridine rings is 1. The van der Waals surface area contributed by atoms with E-state index in [0.29, 0.717) is 22.8 Å². The van der Waals surface area contributed by atoms with E-state index < -0.39 is 5.97 Å². The Balaban J connectivity index is 2.57. The Hall–Kier alpha value is -2.03. The Kier molecular flexibility index (Phi) is 4.61. The fourth-order valence-corrected chi connectivity index (χ4v) is 1.84. The van der Waals surface area contributed by atoms with Crippen molar-refractivity contribution in [1.29, 1.82) is 0 Å². The second kappa shape index (κ2) is 6.42. The van der Waals surface area contributed by atoms with Crippen molar-refractivity contribution in [3.8, 4) is 11.8 Å². The third-order valence-corrected chi connectivity index (χ3v) is 2.74. The van der Waals surface area contributed by atoms with E-state index in [9.17, 15) is 4.79 Å². The largest absolute Gasteiger partial charge is 0.461 e. The van der Waals surface area contributed by atoms with Crippen LogP contribution in [0.15, 0.2) is 18.3 Å². The van der Waals surface area contributed by atoms with E-state index in [0.717, 1.165) is 0 Å². The zero-order valence-corrected chi connectivity index (χ0v) is 11.6. The van der Waals surface area contributed by atoms with E-state index in [2.05, 4.69) is 16.8 Å². The number of hydrogen-bond acceptors (Lipinski definition) is 4. The quantitative estimate of drug-likeness (QED) is 0.693. The molecule has 0 aromatic carbocycles. The molecule has 0 amide bonds. The van der Waals surface area contributed by atoms with Crippen LogP contribution < -0.4 is 0 Å². The summed E-state index contributed by atoms with van der Waals surface area (Å²) in [6.07, 6.45) is 2.01. The lowest BCUT2D eigenvalue weighted by atomic mass is 10.3. The van der Waals surface area contributed by atoms with Crippen molar-refractivity contribution in [3.63, 3.8) is 0 Å². The van der Waals surface area contributed by atoms with Gasteiger partial charge < -0.3 is 9.84 Å². The van der Waals surface area contributed by atoms with Gasteiger partial charge in [0.25, 0.3) is 0 Å². The van der Waals surface area contributed by atoms with Gasteiger partial charge in [-0.1, -0.05) is 17.5 Å². The number of aromatic nitrogens is 2. The van der Waals surface area contributed by atoms with Gasteiger partial charge in [0, 0.05) is 23.7 Å². The first-order valence-corrected chi connectivity index (χ1v) is 6.49. The van der Waals surface area contributed by atoms with Gasteiger partial charge in [-0.25, -0.2) is 9.78 Å². The first-order chi connectivity index (χ1) is 9.67. The second-order valence-electron chi connectivity index (χ2n) is 3.88. The third-order valence-electron chi connectivity index (χ3n) is 2.50. The molecule has 20 heavy (non-hydrogen) atoms. The molecule has 0 radical (unpaired) electrons. The lowest BCUT2D eigenvalue weighted by molar-refractivity contribution is 0.0520. The summed E-state index contributed by atoms with van der Waals surface area (Å²) in [5, 5.41) is 9.29. The number of rotatable bonds is 3. The number of ether oxygens (including phenoxy) is 1. The summed E-state index contributed by atoms with van der Waals surface area (Å²) in [5.74, 6) is 5.10. The van der Waals surface area contributed by atoms with Crippen molar-refractivity contribution in [2.75, 3.05) is 13.2 Å². The standard InChI is InChI=1S/C14H13ClN2O3/c1-2-20-14(19)13-11(5-3-4-8-18)17-7-6-10(15)9-12(17)16-13/h6-7,9,18H,2,4,8H2,1H3. The van der Waals surface area contributed by atoms with Gasteiger partial charge in [0.2, 0.25) is 0 Å². The molecule has 2 aromatic rings. The van der Waals surface area contributed by atoms with E-state index in [1.165, 1.54) is 0 Å². The van der Waals surface area contributed by atoms with Crippen molar-refractivity contribution in [3.05, 3.63) is 34.7 Å². The molecule has 0 spiro atoms. The molecular weight excluding hydrogens is 280 g/mol. The number of carbonyl (C=O) groups excluding carboxylic acids is 1. The molecule has 0 atom stereocenters. The average Bonchev–Trinajstić information content (AvgIpc) is 2.77. The van der Waals surface area contributed by atoms with Crippen molar-refractivity contribution >= 4 is 23.2 Å². The highest BCUT2D eigenvalue weighted by Gasteiger charge is 2.18. The molecule has 0 aliphatic carbocycles. The van der Waals surface area contributed by atoms with E-state index in [1.807, 2.05) is 0 Å². The van der Waals surface area contributed by atoms with Crippen LogP contribution in [-0.4, -0.2) is 33.7 Å². The predicted octanol–water partition coefficient (Wildman–Crippen LogP) is 1.90. The molecule has 0 saturated heterocycles. The van der Waals surface area contributed by atoms with Gasteiger partial charge in [0.15, 0.2) is 5.69 Å². The topological polar surface area (TPSA) is 63.8 Å². The fourth-order valence-electron chi connectivity index (χ4n) is 1.68. The minimum atomic E-state index is -0.527. The number of aliphatic hydroxyl groups excluding tert-OH is 1. The number of hydrogen-bond donors (Lipinski definition) is 1. The summed E-state index contributed by atoms with van der Waals surface area (Å²) in [6, 6.07) is 3.32. The van der Waals surface area contributed by atoms with Crippen LogP contribution in [0.1, 0.15) is 29.5 Å². The minimum absolute atomic E-state index is 0.0374. The summed E-state index contributed by atoms with van der Waals surface area (Å²) < 4.78 is 6.64. The molecule has 6 heteroatoms. The lowest BCUT2D eigenvalue weighted by Gasteiger charge is -1.99. The number of nitrogens with zero attached hydrogens (tertiary/aromatic N) is 2. The van der Waals surface area contributed by atoms with Gasteiger partial charge in [0.05, 0.1) is 13.2 Å². The highest BCUT2D eigenvalue weighted by molar-refractivity contribution is 6.30. The van der Waals surface area contributed by atoms with E-state index in [4.69, 9.17) is 21.4 Å². The van der Waals surface area contributed by atoms with Crippen LogP contribution in [0, 0.1) is 11.8 Å². The first kappa shape index (κ1) is 14.4. The summed E-state index contributed by atoms with van der Waals surface area (Å²) in [4.78, 5) is 16.1. The molecule has 104 valence electrons. The van der Waals surface area contributed by atoms with E-state index >= 15 is 0 Å². The Morgan fingerprint density at radius 2 is 2.40 bits per heavy atom. The van der Waals surface area contributed by atoms with Crippen LogP contribution in [0.5, 0.6) is 0 Å². The van der Waals surface area contributed by atoms with Crippen LogP contribution in [-0.2, 0) is 4.74 Å². The number of aliphatic hydroxyl groups is 1. The second-order valence-corrected chi connectivity index (χ2v) is 4.31. The van der Waals surface area contributed by atoms with Crippen molar-refractivity contribution in [2.24, 2.45) is 0 Å². The Morgan fingerprint density at radius 1 is 1.60 bits per heavy atom. The Labute approximate surface area is 121 Å². The monoisotopic (exact) mass is 292 g/mol. The van der Waals surface area contributed by atoms with Crippen LogP contribution in [0.25, 0.3) is 5.65 Å². The fraction of sp³-hybridized carbons (Fsp3) is 0.286. The number of halogens is 1. The maximum Gasteiger partial charge on any atom is 0.359 e. The molecular formula is C14H13ClN2O3. The first-order valence-electron chi connectivity index (χ1n) is 6.11. The van der Waals surface area contributed by atoms with Crippen molar-refractivity contribution in [2.45, 2.75) is 13.3 Å². The maximum atomic E-state index is 11.9. The normalized spacial score (nSPS) is 10.2. The van der Waals surface area contributed by atoms with Gasteiger partial charge in [-0.2, -0.15) is 0 Å². The zero-order valence-electron chi connectivity index (χ0n) is 10.9. The number of esters is 1. The summed E-state index contributed by atoms with van der Waals surface area (Å²) in [7, 11) is 0. The number of fused-ring (bicyclic) bond motifs is 1. The van der Waals surface area contributed by atoms with E-state index in [-0.39, 0.29) is 18.9 Å². The van der Waals surface area contributed by atoms with Crippen molar-refractivity contribution in [1.82, 2.24) is 9.38 Å². The average molecular weight is 293 g/mol. The van der Waals surface area contributed by atoms with Crippen molar-refractivity contribution < 1.29 is 14.6 Å². The number of carbonyl (C=O) groups is 1. The maximum absolute atomic E-state index is 11.9. The lowest BCUT2D eigenvalue weighted by Crippen LogP contribution is -2.07. The van der Waals surface area contributed by atoms with Gasteiger partial charge in [-0.3, -0.25) is 4.40 Å². The zero-order chi connectivity index (χ0) is 14.5. The highest BCUT2D eigenvalue weighted by atomic mass is 35.5. The minimum Gasteiger partial charge on any atom is -0.461 e. The molecule has 0 fully saturated rings. The van der Waals surface area contributed by atoms with Crippen LogP contribution >= 0.6 is 11.6 Å². The Morgan fingerprint density at radius 3 is 3.10 bits per heavy atom. The summed E-state index contributed by atoms with van der Waals surface area (Å²) >= 11 is 5.91. The molecule has 1 N–H and O–H groups in total. The summed E-state index contributed by atoms with van der Waals surface area (Å²) in [5.41, 5.74) is 1.11. The highest BCUT2D eigenvalue weighted by Crippen LogP contribution is 2.17. The van der Waals surface area contributed by atoms with Crippen LogP contribution in [0.2, 0.25) is 5.02 Å². The molecule has 0 aliphatic rings. The van der Waals surface area contributed by atoms with Gasteiger partial charge in [0.1, 0.15) is 11.3 Å². The molecule has 2 heterocycles. The molecule has 0 saturated carbocycles. The smallest absolute Gasteiger partial charge is 0.359 e. The molecule has 0 bridgehead atoms. The number of imidazole rings is 1. The molecule has 0 aliphatic heterocycles. The SMILES string of the molecule is CCOC(=O)c1nc2cc(Cl)ccn2c1C#CCCO.